The predicted molar refractivity (Wildman–Crippen MR) is 72.9 cm³/mol. The van der Waals surface area contributed by atoms with E-state index in [2.05, 4.69) is 19.1 Å². The quantitative estimate of drug-likeness (QED) is 0.742. The van der Waals surface area contributed by atoms with Gasteiger partial charge in [-0.2, -0.15) is 0 Å². The first kappa shape index (κ1) is 12.1. The van der Waals surface area contributed by atoms with Crippen LogP contribution in [0.1, 0.15) is 32.6 Å². The van der Waals surface area contributed by atoms with E-state index in [1.807, 2.05) is 31.2 Å². The zero-order valence-corrected chi connectivity index (χ0v) is 11.0. The van der Waals surface area contributed by atoms with Crippen LogP contribution in [0.4, 0.5) is 0 Å². The van der Waals surface area contributed by atoms with Gasteiger partial charge >= 0.3 is 0 Å². The van der Waals surface area contributed by atoms with Gasteiger partial charge in [0.25, 0.3) is 0 Å². The molecular weight excluding hydrogens is 228 g/mol. The van der Waals surface area contributed by atoms with Gasteiger partial charge in [-0.15, -0.1) is 11.3 Å². The third-order valence-corrected chi connectivity index (χ3v) is 3.97. The molecule has 17 heavy (non-hydrogen) atoms. The summed E-state index contributed by atoms with van der Waals surface area (Å²) in [5.74, 6) is 0.207. The van der Waals surface area contributed by atoms with Gasteiger partial charge in [0.2, 0.25) is 0 Å². The van der Waals surface area contributed by atoms with E-state index in [1.165, 1.54) is 4.88 Å². The van der Waals surface area contributed by atoms with Crippen molar-refractivity contribution in [2.24, 2.45) is 0 Å². The number of rotatable bonds is 4. The number of aryl methyl sites for hydroxylation is 2. The Bertz CT molecular complexity index is 525. The van der Waals surface area contributed by atoms with Crippen molar-refractivity contribution < 1.29 is 4.79 Å². The van der Waals surface area contributed by atoms with Gasteiger partial charge in [-0.05, 0) is 31.5 Å². The van der Waals surface area contributed by atoms with Crippen molar-refractivity contribution in [1.29, 1.82) is 0 Å². The normalized spacial score (nSPS) is 10.5. The first-order valence-electron chi connectivity index (χ1n) is 5.86. The summed E-state index contributed by atoms with van der Waals surface area (Å²) in [5.41, 5.74) is 1.95. The van der Waals surface area contributed by atoms with Crippen LogP contribution in [-0.4, -0.2) is 5.78 Å². The SMILES string of the molecule is CCc1ccc(CC(=O)c2cccc(C)c2)s1. The van der Waals surface area contributed by atoms with Gasteiger partial charge in [-0.25, -0.2) is 0 Å². The lowest BCUT2D eigenvalue weighted by atomic mass is 10.1. The molecule has 2 heteroatoms. The average molecular weight is 244 g/mol. The van der Waals surface area contributed by atoms with Crippen LogP contribution in [0.25, 0.3) is 0 Å². The van der Waals surface area contributed by atoms with Crippen molar-refractivity contribution in [3.63, 3.8) is 0 Å². The van der Waals surface area contributed by atoms with Gasteiger partial charge in [-0.3, -0.25) is 4.79 Å². The highest BCUT2D eigenvalue weighted by Gasteiger charge is 2.08. The molecule has 0 amide bonds. The van der Waals surface area contributed by atoms with Gasteiger partial charge in [-0.1, -0.05) is 30.7 Å². The first-order chi connectivity index (χ1) is 8.19. The molecular formula is C15H16OS. The number of Topliss-reactive ketones (excluding diaryl/α,β-unsaturated/α-hetero) is 1. The Labute approximate surface area is 106 Å². The Hall–Kier alpha value is -1.41. The van der Waals surface area contributed by atoms with E-state index >= 15 is 0 Å². The van der Waals surface area contributed by atoms with Crippen LogP contribution in [0.5, 0.6) is 0 Å². The van der Waals surface area contributed by atoms with Crippen LogP contribution in [0, 0.1) is 6.92 Å². The lowest BCUT2D eigenvalue weighted by molar-refractivity contribution is 0.0993. The highest BCUT2D eigenvalue weighted by Crippen LogP contribution is 2.19. The molecule has 0 N–H and O–H groups in total. The van der Waals surface area contributed by atoms with E-state index in [4.69, 9.17) is 0 Å². The van der Waals surface area contributed by atoms with Gasteiger partial charge in [0.15, 0.2) is 5.78 Å². The molecule has 1 aromatic heterocycles. The minimum Gasteiger partial charge on any atom is -0.294 e. The fraction of sp³-hybridized carbons (Fsp3) is 0.267. The third-order valence-electron chi connectivity index (χ3n) is 2.74. The van der Waals surface area contributed by atoms with Crippen molar-refractivity contribution in [1.82, 2.24) is 0 Å². The summed E-state index contributed by atoms with van der Waals surface area (Å²) in [6.07, 6.45) is 1.57. The molecule has 0 aliphatic rings. The third kappa shape index (κ3) is 3.04. The van der Waals surface area contributed by atoms with Gasteiger partial charge < -0.3 is 0 Å². The molecule has 0 aliphatic heterocycles. The summed E-state index contributed by atoms with van der Waals surface area (Å²) in [6, 6.07) is 12.0. The second kappa shape index (κ2) is 5.28. The molecule has 0 radical (unpaired) electrons. The summed E-state index contributed by atoms with van der Waals surface area (Å²) < 4.78 is 0. The number of hydrogen-bond donors (Lipinski definition) is 0. The number of carbonyl (C=O) groups is 1. The second-order valence-electron chi connectivity index (χ2n) is 4.19. The predicted octanol–water partition coefficient (Wildman–Crippen LogP) is 4.04. The highest BCUT2D eigenvalue weighted by molar-refractivity contribution is 7.12. The smallest absolute Gasteiger partial charge is 0.168 e. The molecule has 2 rings (SSSR count). The topological polar surface area (TPSA) is 17.1 Å². The number of ketones is 1. The molecule has 0 aliphatic carbocycles. The van der Waals surface area contributed by atoms with E-state index in [1.54, 1.807) is 11.3 Å². The molecule has 0 spiro atoms. The zero-order valence-electron chi connectivity index (χ0n) is 10.2. The van der Waals surface area contributed by atoms with Gasteiger partial charge in [0.1, 0.15) is 0 Å². The maximum absolute atomic E-state index is 12.1. The Morgan fingerprint density at radius 3 is 2.59 bits per heavy atom. The monoisotopic (exact) mass is 244 g/mol. The van der Waals surface area contributed by atoms with E-state index < -0.39 is 0 Å². The average Bonchev–Trinajstić information content (AvgIpc) is 2.77. The molecule has 0 saturated heterocycles. The van der Waals surface area contributed by atoms with Crippen molar-refractivity contribution in [3.8, 4) is 0 Å². The largest absolute Gasteiger partial charge is 0.294 e. The number of benzene rings is 1. The highest BCUT2D eigenvalue weighted by atomic mass is 32.1. The Balaban J connectivity index is 2.11. The molecule has 0 atom stereocenters. The summed E-state index contributed by atoms with van der Waals surface area (Å²) in [7, 11) is 0. The number of thiophene rings is 1. The fourth-order valence-corrected chi connectivity index (χ4v) is 2.74. The molecule has 1 heterocycles. The molecule has 2 aromatic rings. The second-order valence-corrected chi connectivity index (χ2v) is 5.44. The Kier molecular flexibility index (Phi) is 3.75. The fourth-order valence-electron chi connectivity index (χ4n) is 1.79. The molecule has 88 valence electrons. The van der Waals surface area contributed by atoms with Crippen molar-refractivity contribution >= 4 is 17.1 Å². The number of hydrogen-bond acceptors (Lipinski definition) is 2. The molecule has 0 bridgehead atoms. The minimum atomic E-state index is 0.207. The van der Waals surface area contributed by atoms with Crippen molar-refractivity contribution in [2.45, 2.75) is 26.7 Å². The lowest BCUT2D eigenvalue weighted by Gasteiger charge is -2.00. The van der Waals surface area contributed by atoms with Crippen LogP contribution in [-0.2, 0) is 12.8 Å². The van der Waals surface area contributed by atoms with E-state index in [9.17, 15) is 4.79 Å². The Morgan fingerprint density at radius 1 is 1.18 bits per heavy atom. The maximum atomic E-state index is 12.1. The zero-order chi connectivity index (χ0) is 12.3. The lowest BCUT2D eigenvalue weighted by Crippen LogP contribution is -2.02. The summed E-state index contributed by atoms with van der Waals surface area (Å²) in [6.45, 7) is 4.15. The van der Waals surface area contributed by atoms with E-state index in [-0.39, 0.29) is 5.78 Å². The van der Waals surface area contributed by atoms with Crippen LogP contribution in [0.3, 0.4) is 0 Å². The first-order valence-corrected chi connectivity index (χ1v) is 6.68. The van der Waals surface area contributed by atoms with Crippen LogP contribution < -0.4 is 0 Å². The molecule has 0 fully saturated rings. The van der Waals surface area contributed by atoms with Gasteiger partial charge in [0, 0.05) is 21.7 Å². The van der Waals surface area contributed by atoms with E-state index in [0.29, 0.717) is 6.42 Å². The maximum Gasteiger partial charge on any atom is 0.168 e. The van der Waals surface area contributed by atoms with Crippen LogP contribution in [0.15, 0.2) is 36.4 Å². The van der Waals surface area contributed by atoms with E-state index in [0.717, 1.165) is 22.4 Å². The molecule has 0 saturated carbocycles. The van der Waals surface area contributed by atoms with Crippen molar-refractivity contribution in [3.05, 3.63) is 57.3 Å². The number of carbonyl (C=O) groups excluding carboxylic acids is 1. The molecule has 1 aromatic carbocycles. The van der Waals surface area contributed by atoms with Crippen molar-refractivity contribution in [2.75, 3.05) is 0 Å². The molecule has 0 unspecified atom stereocenters. The summed E-state index contributed by atoms with van der Waals surface area (Å²) in [4.78, 5) is 14.6. The summed E-state index contributed by atoms with van der Waals surface area (Å²) in [5, 5.41) is 0. The molecule has 1 nitrogen and oxygen atoms in total. The van der Waals surface area contributed by atoms with Gasteiger partial charge in [0.05, 0.1) is 0 Å². The summed E-state index contributed by atoms with van der Waals surface area (Å²) >= 11 is 1.74. The Morgan fingerprint density at radius 2 is 1.94 bits per heavy atom. The van der Waals surface area contributed by atoms with Crippen LogP contribution >= 0.6 is 11.3 Å². The minimum absolute atomic E-state index is 0.207. The standard InChI is InChI=1S/C15H16OS/c1-3-13-7-8-14(17-13)10-15(16)12-6-4-5-11(2)9-12/h4-9H,3,10H2,1-2H3. The van der Waals surface area contributed by atoms with Crippen LogP contribution in [0.2, 0.25) is 0 Å².